The lowest BCUT2D eigenvalue weighted by molar-refractivity contribution is -0.0110. The summed E-state index contributed by atoms with van der Waals surface area (Å²) in [5, 5.41) is 0. The summed E-state index contributed by atoms with van der Waals surface area (Å²) in [7, 11) is 0. The Bertz CT molecular complexity index is 1060. The van der Waals surface area contributed by atoms with Gasteiger partial charge in [0.1, 0.15) is 12.7 Å². The quantitative estimate of drug-likeness (QED) is 0.173. The van der Waals surface area contributed by atoms with Crippen LogP contribution < -0.4 is 0 Å². The van der Waals surface area contributed by atoms with E-state index in [2.05, 4.69) is 140 Å². The predicted octanol–water partition coefficient (Wildman–Crippen LogP) is 6.42. The molecule has 1 heterocycles. The SMILES string of the molecule is O=C(OC(CCN1CCOCC1)COC(=O)c1c(I)ccc(I)c1I)c1cc(I)cc(I)c1I. The van der Waals surface area contributed by atoms with Crippen LogP contribution in [0, 0.1) is 21.4 Å². The number of ether oxygens (including phenoxy) is 3. The molecule has 1 aliphatic rings. The van der Waals surface area contributed by atoms with Crippen LogP contribution in [-0.4, -0.2) is 62.4 Å². The van der Waals surface area contributed by atoms with Crippen LogP contribution in [0.3, 0.4) is 0 Å². The number of hydrogen-bond acceptors (Lipinski definition) is 6. The van der Waals surface area contributed by atoms with Gasteiger partial charge in [-0.1, -0.05) is 0 Å². The molecule has 2 aromatic carbocycles. The van der Waals surface area contributed by atoms with Gasteiger partial charge in [-0.3, -0.25) is 4.90 Å². The van der Waals surface area contributed by atoms with Crippen LogP contribution in [0.5, 0.6) is 0 Å². The van der Waals surface area contributed by atoms with Gasteiger partial charge < -0.3 is 14.2 Å². The molecular weight excluding hydrogens is 1120 g/mol. The fraction of sp³-hybridized carbons (Fsp3) is 0.364. The number of benzene rings is 2. The molecule has 1 unspecified atom stereocenters. The number of hydrogen-bond donors (Lipinski definition) is 0. The highest BCUT2D eigenvalue weighted by atomic mass is 127. The monoisotopic (exact) mass is 1140 g/mol. The molecule has 0 amide bonds. The lowest BCUT2D eigenvalue weighted by atomic mass is 10.2. The van der Waals surface area contributed by atoms with Gasteiger partial charge in [-0.05, 0) is 160 Å². The van der Waals surface area contributed by atoms with Crippen LogP contribution in [0.2, 0.25) is 0 Å². The maximum absolute atomic E-state index is 13.1. The van der Waals surface area contributed by atoms with E-state index in [0.717, 1.165) is 41.1 Å². The van der Waals surface area contributed by atoms with E-state index in [1.54, 1.807) is 0 Å². The zero-order valence-electron chi connectivity index (χ0n) is 17.6. The largest absolute Gasteiger partial charge is 0.458 e. The van der Waals surface area contributed by atoms with Crippen molar-refractivity contribution in [2.75, 3.05) is 39.5 Å². The molecule has 2 aromatic rings. The third kappa shape index (κ3) is 8.60. The first-order valence-electron chi connectivity index (χ1n) is 10.1. The number of rotatable bonds is 8. The van der Waals surface area contributed by atoms with Crippen molar-refractivity contribution >= 4 is 147 Å². The van der Waals surface area contributed by atoms with E-state index >= 15 is 0 Å². The highest BCUT2D eigenvalue weighted by Crippen LogP contribution is 2.26. The minimum Gasteiger partial charge on any atom is -0.458 e. The van der Waals surface area contributed by atoms with Gasteiger partial charge >= 0.3 is 11.9 Å². The van der Waals surface area contributed by atoms with E-state index in [1.807, 2.05) is 24.3 Å². The Balaban J connectivity index is 1.73. The normalized spacial score (nSPS) is 15.1. The Morgan fingerprint density at radius 2 is 1.59 bits per heavy atom. The second kappa shape index (κ2) is 14.7. The molecule has 34 heavy (non-hydrogen) atoms. The predicted molar refractivity (Wildman–Crippen MR) is 181 cm³/mol. The van der Waals surface area contributed by atoms with Crippen molar-refractivity contribution in [3.63, 3.8) is 0 Å². The van der Waals surface area contributed by atoms with E-state index in [1.165, 1.54) is 0 Å². The molecule has 0 saturated carbocycles. The minimum atomic E-state index is -0.552. The fourth-order valence-electron chi connectivity index (χ4n) is 3.20. The first kappa shape index (κ1) is 30.2. The molecule has 0 aliphatic carbocycles. The average Bonchev–Trinajstić information content (AvgIpc) is 2.81. The molecule has 3 rings (SSSR count). The van der Waals surface area contributed by atoms with Crippen LogP contribution in [0.25, 0.3) is 0 Å². The lowest BCUT2D eigenvalue weighted by Gasteiger charge is -2.28. The maximum atomic E-state index is 13.1. The van der Waals surface area contributed by atoms with Crippen LogP contribution in [0.4, 0.5) is 0 Å². The summed E-state index contributed by atoms with van der Waals surface area (Å²) in [6.45, 7) is 3.81. The summed E-state index contributed by atoms with van der Waals surface area (Å²) in [6, 6.07) is 7.71. The number of nitrogens with zero attached hydrogens (tertiary/aromatic N) is 1. The molecule has 184 valence electrons. The Kier molecular flexibility index (Phi) is 13.1. The number of esters is 2. The van der Waals surface area contributed by atoms with Gasteiger partial charge in [0.2, 0.25) is 0 Å². The van der Waals surface area contributed by atoms with Crippen molar-refractivity contribution in [2.45, 2.75) is 12.5 Å². The molecule has 1 saturated heterocycles. The molecule has 12 heteroatoms. The Hall–Kier alpha value is 1.68. The van der Waals surface area contributed by atoms with Crippen molar-refractivity contribution in [1.29, 1.82) is 0 Å². The molecule has 0 bridgehead atoms. The van der Waals surface area contributed by atoms with Crippen molar-refractivity contribution in [2.24, 2.45) is 0 Å². The average molecular weight is 1140 g/mol. The van der Waals surface area contributed by atoms with Gasteiger partial charge in [-0.25, -0.2) is 9.59 Å². The third-order valence-electron chi connectivity index (χ3n) is 5.01. The summed E-state index contributed by atoms with van der Waals surface area (Å²) >= 11 is 13.1. The molecule has 0 radical (unpaired) electrons. The maximum Gasteiger partial charge on any atom is 0.340 e. The highest BCUT2D eigenvalue weighted by molar-refractivity contribution is 14.1. The van der Waals surface area contributed by atoms with Crippen molar-refractivity contribution in [1.82, 2.24) is 4.90 Å². The van der Waals surface area contributed by atoms with Crippen LogP contribution in [0.15, 0.2) is 24.3 Å². The van der Waals surface area contributed by atoms with Gasteiger partial charge in [-0.15, -0.1) is 0 Å². The van der Waals surface area contributed by atoms with E-state index in [9.17, 15) is 9.59 Å². The van der Waals surface area contributed by atoms with Crippen LogP contribution in [-0.2, 0) is 14.2 Å². The van der Waals surface area contributed by atoms with Gasteiger partial charge in [0.15, 0.2) is 0 Å². The standard InChI is InChI=1S/C22H19I6NO5/c23-12-9-14(19(27)17(26)10-12)21(30)34-13(3-4-29-5-7-32-8-6-29)11-33-22(31)18-15(24)1-2-16(25)20(18)28/h1-2,9-10,13H,3-8,11H2. The van der Waals surface area contributed by atoms with Crippen molar-refractivity contribution in [3.8, 4) is 0 Å². The van der Waals surface area contributed by atoms with Gasteiger partial charge in [0.25, 0.3) is 0 Å². The number of carbonyl (C=O) groups excluding carboxylic acids is 2. The Morgan fingerprint density at radius 1 is 0.912 bits per heavy atom. The second-order valence-corrected chi connectivity index (χ2v) is 14.2. The summed E-state index contributed by atoms with van der Waals surface area (Å²) < 4.78 is 22.5. The first-order valence-corrected chi connectivity index (χ1v) is 16.6. The molecule has 1 fully saturated rings. The Labute approximate surface area is 280 Å². The number of carbonyl (C=O) groups is 2. The van der Waals surface area contributed by atoms with Crippen LogP contribution in [0.1, 0.15) is 27.1 Å². The van der Waals surface area contributed by atoms with E-state index < -0.39 is 18.0 Å². The third-order valence-corrected chi connectivity index (χ3v) is 12.6. The smallest absolute Gasteiger partial charge is 0.340 e. The second-order valence-electron chi connectivity index (χ2n) is 7.34. The molecule has 1 atom stereocenters. The van der Waals surface area contributed by atoms with Crippen molar-refractivity contribution in [3.05, 3.63) is 56.8 Å². The fourth-order valence-corrected chi connectivity index (χ4v) is 7.90. The van der Waals surface area contributed by atoms with Crippen molar-refractivity contribution < 1.29 is 23.8 Å². The molecule has 1 aliphatic heterocycles. The molecule has 0 aromatic heterocycles. The lowest BCUT2D eigenvalue weighted by Crippen LogP contribution is -2.39. The number of morpholine rings is 1. The first-order chi connectivity index (χ1) is 16.2. The Morgan fingerprint density at radius 3 is 2.29 bits per heavy atom. The summed E-state index contributed by atoms with van der Waals surface area (Å²) in [4.78, 5) is 28.3. The van der Waals surface area contributed by atoms with Crippen LogP contribution >= 0.6 is 136 Å². The molecule has 0 N–H and O–H groups in total. The summed E-state index contributed by atoms with van der Waals surface area (Å²) in [5.74, 6) is -0.805. The summed E-state index contributed by atoms with van der Waals surface area (Å²) in [6.07, 6.45) is 0.0145. The van der Waals surface area contributed by atoms with E-state index in [-0.39, 0.29) is 6.61 Å². The van der Waals surface area contributed by atoms with Gasteiger partial charge in [0, 0.05) is 47.5 Å². The highest BCUT2D eigenvalue weighted by Gasteiger charge is 2.24. The summed E-state index contributed by atoms with van der Waals surface area (Å²) in [5.41, 5.74) is 1.08. The number of halogens is 6. The molecule has 0 spiro atoms. The zero-order chi connectivity index (χ0) is 24.8. The zero-order valence-corrected chi connectivity index (χ0v) is 30.5. The minimum absolute atomic E-state index is 0.00411. The topological polar surface area (TPSA) is 65.1 Å². The van der Waals surface area contributed by atoms with E-state index in [0.29, 0.717) is 30.8 Å². The van der Waals surface area contributed by atoms with Gasteiger partial charge in [0.05, 0.1) is 24.3 Å². The molecule has 6 nitrogen and oxygen atoms in total. The molecular formula is C22H19I6NO5. The van der Waals surface area contributed by atoms with E-state index in [4.69, 9.17) is 14.2 Å². The van der Waals surface area contributed by atoms with Gasteiger partial charge in [-0.2, -0.15) is 0 Å².